The Labute approximate surface area is 231 Å². The Hall–Kier alpha value is -2.74. The molecule has 0 heterocycles. The molecule has 0 radical (unpaired) electrons. The molecule has 1 unspecified atom stereocenters. The zero-order chi connectivity index (χ0) is 27.7. The van der Waals surface area contributed by atoms with E-state index in [4.69, 9.17) is 27.9 Å². The minimum absolute atomic E-state index is 0.0780. The highest BCUT2D eigenvalue weighted by Gasteiger charge is 2.34. The van der Waals surface area contributed by atoms with E-state index in [1.54, 1.807) is 18.2 Å². The normalized spacial score (nSPS) is 15.5. The Morgan fingerprint density at radius 3 is 2.66 bits per heavy atom. The number of methoxy groups -OCH3 is 1. The first-order valence-electron chi connectivity index (χ1n) is 12.2. The molecule has 1 atom stereocenters. The number of alkyl halides is 3. The van der Waals surface area contributed by atoms with Crippen LogP contribution in [0.15, 0.2) is 78.1 Å². The van der Waals surface area contributed by atoms with E-state index in [2.05, 4.69) is 16.6 Å². The standard InChI is InChI=1S/C29H30Cl2F3NO3/c1-20(22-8-4-10-24(30)17-22)18-35(19-23-9-5-12-26(28(23)31)29(32,33)34)13-6-14-38-25-11-3-7-21(15-25)16-27(36)37-2/h3-5,8-12,15-17,20H,6-7,13-14,18-19H2,1-2H3. The third-order valence-corrected chi connectivity index (χ3v) is 6.76. The lowest BCUT2D eigenvalue weighted by atomic mass is 10.00. The summed E-state index contributed by atoms with van der Waals surface area (Å²) in [4.78, 5) is 13.6. The molecule has 0 saturated heterocycles. The molecule has 0 fully saturated rings. The van der Waals surface area contributed by atoms with Gasteiger partial charge in [0.2, 0.25) is 0 Å². The van der Waals surface area contributed by atoms with Crippen molar-refractivity contribution in [1.82, 2.24) is 4.90 Å². The fourth-order valence-corrected chi connectivity index (χ4v) is 4.67. The van der Waals surface area contributed by atoms with Gasteiger partial charge >= 0.3 is 12.1 Å². The maximum absolute atomic E-state index is 13.4. The maximum atomic E-state index is 13.4. The Kier molecular flexibility index (Phi) is 10.9. The number of carbonyl (C=O) groups excluding carboxylic acids is 1. The van der Waals surface area contributed by atoms with Gasteiger partial charge in [-0.2, -0.15) is 13.2 Å². The van der Waals surface area contributed by atoms with Crippen molar-refractivity contribution in [1.29, 1.82) is 0 Å². The van der Waals surface area contributed by atoms with Gasteiger partial charge < -0.3 is 9.47 Å². The van der Waals surface area contributed by atoms with E-state index in [9.17, 15) is 18.0 Å². The van der Waals surface area contributed by atoms with Crippen LogP contribution in [-0.2, 0) is 27.0 Å². The highest BCUT2D eigenvalue weighted by atomic mass is 35.5. The minimum Gasteiger partial charge on any atom is -0.494 e. The second-order valence-corrected chi connectivity index (χ2v) is 9.88. The number of halogens is 5. The second kappa shape index (κ2) is 13.9. The number of hydrogen-bond acceptors (Lipinski definition) is 4. The van der Waals surface area contributed by atoms with Gasteiger partial charge in [0.25, 0.3) is 0 Å². The molecular weight excluding hydrogens is 538 g/mol. The maximum Gasteiger partial charge on any atom is 0.417 e. The smallest absolute Gasteiger partial charge is 0.417 e. The van der Waals surface area contributed by atoms with Crippen LogP contribution in [0.3, 0.4) is 0 Å². The Bertz CT molecular complexity index is 1210. The molecule has 0 bridgehead atoms. The molecule has 9 heteroatoms. The van der Waals surface area contributed by atoms with E-state index < -0.39 is 17.7 Å². The SMILES string of the molecule is COC(=O)C=C1C=C(OCCCN(Cc2cccc(C(F)(F)F)c2Cl)CC(C)c2cccc(Cl)c2)C=CC1. The predicted octanol–water partition coefficient (Wildman–Crippen LogP) is 7.97. The Balaban J connectivity index is 1.69. The van der Waals surface area contributed by atoms with Crippen molar-refractivity contribution in [3.05, 3.63) is 105 Å². The fraction of sp³-hybridized carbons (Fsp3) is 0.345. The molecule has 2 aromatic rings. The van der Waals surface area contributed by atoms with Gasteiger partial charge in [-0.1, -0.05) is 60.5 Å². The third kappa shape index (κ3) is 8.93. The summed E-state index contributed by atoms with van der Waals surface area (Å²) >= 11 is 12.4. The third-order valence-electron chi connectivity index (χ3n) is 6.08. The van der Waals surface area contributed by atoms with Crippen LogP contribution in [0, 0.1) is 0 Å². The molecule has 1 aliphatic carbocycles. The van der Waals surface area contributed by atoms with Crippen LogP contribution in [0.2, 0.25) is 10.0 Å². The zero-order valence-corrected chi connectivity index (χ0v) is 22.7. The first-order chi connectivity index (χ1) is 18.1. The lowest BCUT2D eigenvalue weighted by Crippen LogP contribution is -2.29. The number of nitrogens with zero attached hydrogens (tertiary/aromatic N) is 1. The monoisotopic (exact) mass is 567 g/mol. The fourth-order valence-electron chi connectivity index (χ4n) is 4.18. The van der Waals surface area contributed by atoms with E-state index in [0.717, 1.165) is 17.2 Å². The van der Waals surface area contributed by atoms with Gasteiger partial charge in [0.05, 0.1) is 24.3 Å². The van der Waals surface area contributed by atoms with Crippen LogP contribution >= 0.6 is 23.2 Å². The van der Waals surface area contributed by atoms with Crippen molar-refractivity contribution in [2.45, 2.75) is 38.4 Å². The molecule has 3 rings (SSSR count). The zero-order valence-electron chi connectivity index (χ0n) is 21.2. The van der Waals surface area contributed by atoms with Crippen LogP contribution in [0.4, 0.5) is 13.2 Å². The van der Waals surface area contributed by atoms with Gasteiger partial charge in [-0.3, -0.25) is 4.90 Å². The van der Waals surface area contributed by atoms with Crippen LogP contribution in [0.5, 0.6) is 0 Å². The molecule has 0 saturated carbocycles. The number of ether oxygens (including phenoxy) is 2. The number of benzene rings is 2. The number of esters is 1. The predicted molar refractivity (Wildman–Crippen MR) is 144 cm³/mol. The summed E-state index contributed by atoms with van der Waals surface area (Å²) in [5, 5.41) is 0.351. The second-order valence-electron chi connectivity index (χ2n) is 9.07. The molecule has 4 nitrogen and oxygen atoms in total. The molecule has 0 aromatic heterocycles. The molecule has 204 valence electrons. The molecule has 0 aliphatic heterocycles. The van der Waals surface area contributed by atoms with Crippen molar-refractivity contribution in [2.24, 2.45) is 0 Å². The lowest BCUT2D eigenvalue weighted by Gasteiger charge is -2.27. The molecule has 0 amide bonds. The van der Waals surface area contributed by atoms with Gasteiger partial charge in [0.1, 0.15) is 5.76 Å². The Morgan fingerprint density at radius 2 is 1.95 bits per heavy atom. The summed E-state index contributed by atoms with van der Waals surface area (Å²) in [5.41, 5.74) is 1.40. The quantitative estimate of drug-likeness (QED) is 0.157. The molecule has 0 spiro atoms. The van der Waals surface area contributed by atoms with Crippen molar-refractivity contribution in [3.63, 3.8) is 0 Å². The lowest BCUT2D eigenvalue weighted by molar-refractivity contribution is -0.137. The number of hydrogen-bond donors (Lipinski definition) is 0. The summed E-state index contributed by atoms with van der Waals surface area (Å²) in [6.45, 7) is 3.85. The van der Waals surface area contributed by atoms with Gasteiger partial charge in [-0.15, -0.1) is 0 Å². The number of rotatable bonds is 11. The van der Waals surface area contributed by atoms with Gasteiger partial charge in [0, 0.05) is 30.7 Å². The largest absolute Gasteiger partial charge is 0.494 e. The number of carbonyl (C=O) groups is 1. The highest BCUT2D eigenvalue weighted by molar-refractivity contribution is 6.32. The number of allylic oxidation sites excluding steroid dienone is 4. The van der Waals surface area contributed by atoms with Gasteiger partial charge in [0.15, 0.2) is 0 Å². The Morgan fingerprint density at radius 1 is 1.18 bits per heavy atom. The van der Waals surface area contributed by atoms with Gasteiger partial charge in [-0.05, 0) is 65.8 Å². The van der Waals surface area contributed by atoms with Crippen molar-refractivity contribution in [2.75, 3.05) is 26.8 Å². The summed E-state index contributed by atoms with van der Waals surface area (Å²) in [6, 6.07) is 11.6. The molecule has 0 N–H and O–H groups in total. The summed E-state index contributed by atoms with van der Waals surface area (Å²) in [6.07, 6.45) is 3.66. The van der Waals surface area contributed by atoms with E-state index in [1.165, 1.54) is 19.3 Å². The van der Waals surface area contributed by atoms with Crippen LogP contribution < -0.4 is 0 Å². The van der Waals surface area contributed by atoms with Crippen molar-refractivity contribution >= 4 is 29.2 Å². The summed E-state index contributed by atoms with van der Waals surface area (Å²) < 4.78 is 50.8. The summed E-state index contributed by atoms with van der Waals surface area (Å²) in [5.74, 6) is 0.281. The van der Waals surface area contributed by atoms with Crippen LogP contribution in [-0.4, -0.2) is 37.7 Å². The van der Waals surface area contributed by atoms with Crippen molar-refractivity contribution < 1.29 is 27.4 Å². The molecular formula is C29H30Cl2F3NO3. The molecule has 38 heavy (non-hydrogen) atoms. The van der Waals surface area contributed by atoms with Crippen molar-refractivity contribution in [3.8, 4) is 0 Å². The minimum atomic E-state index is -4.53. The first kappa shape index (κ1) is 29.8. The average molecular weight is 568 g/mol. The van der Waals surface area contributed by atoms with E-state index in [1.807, 2.05) is 30.4 Å². The average Bonchev–Trinajstić information content (AvgIpc) is 2.87. The van der Waals surface area contributed by atoms with E-state index in [-0.39, 0.29) is 17.5 Å². The van der Waals surface area contributed by atoms with E-state index in [0.29, 0.717) is 48.9 Å². The van der Waals surface area contributed by atoms with Crippen LogP contribution in [0.1, 0.15) is 42.4 Å². The van der Waals surface area contributed by atoms with E-state index >= 15 is 0 Å². The highest BCUT2D eigenvalue weighted by Crippen LogP contribution is 2.36. The summed E-state index contributed by atoms with van der Waals surface area (Å²) in [7, 11) is 1.32. The molecule has 2 aromatic carbocycles. The van der Waals surface area contributed by atoms with Crippen LogP contribution in [0.25, 0.3) is 0 Å². The topological polar surface area (TPSA) is 38.8 Å². The van der Waals surface area contributed by atoms with Gasteiger partial charge in [-0.25, -0.2) is 4.79 Å². The molecule has 1 aliphatic rings. The first-order valence-corrected chi connectivity index (χ1v) is 12.9.